The molecule has 5 aromatic carbocycles. The van der Waals surface area contributed by atoms with E-state index in [4.69, 9.17) is 55.9 Å². The molecule has 0 bridgehead atoms. The maximum Gasteiger partial charge on any atom is 0.259 e. The normalized spacial score (nSPS) is 13.0. The number of anilines is 4. The van der Waals surface area contributed by atoms with Gasteiger partial charge in [-0.1, -0.05) is 59.6 Å². The van der Waals surface area contributed by atoms with E-state index in [-0.39, 0.29) is 66.2 Å². The topological polar surface area (TPSA) is 218 Å². The van der Waals surface area contributed by atoms with Crippen molar-refractivity contribution in [2.75, 3.05) is 35.5 Å². The number of benzene rings is 5. The molecule has 342 valence electrons. The van der Waals surface area contributed by atoms with Crippen LogP contribution < -0.4 is 30.7 Å². The zero-order chi connectivity index (χ0) is 48.2. The third-order valence-electron chi connectivity index (χ3n) is 9.50. The molecular formula is C46H42Cl4N8O8. The fourth-order valence-corrected chi connectivity index (χ4v) is 6.83. The number of hydrogen-bond acceptors (Lipinski definition) is 12. The van der Waals surface area contributed by atoms with Crippen molar-refractivity contribution in [1.82, 2.24) is 0 Å². The summed E-state index contributed by atoms with van der Waals surface area (Å²) in [6.07, 6.45) is 0. The first kappa shape index (κ1) is 50.3. The number of methoxy groups -OCH3 is 2. The SMILES string of the molecule is COc1cc(NC(=O)C(N=Nc2cccc(C(=O)Nc3cccc(C(C)Cl)c3)c2Cl)C(C)=O)cc(OC)c1NC(=O)C(N=Nc1cccc(C(=O)Nc2cccc(C(C)Cl)c2)c1Cl)C(C)=O. The Kier molecular flexibility index (Phi) is 17.5. The Morgan fingerprint density at radius 2 is 0.924 bits per heavy atom. The summed E-state index contributed by atoms with van der Waals surface area (Å²) < 4.78 is 11.0. The van der Waals surface area contributed by atoms with E-state index in [1.165, 1.54) is 62.8 Å². The Hall–Kier alpha value is -6.72. The third kappa shape index (κ3) is 12.8. The van der Waals surface area contributed by atoms with Crippen molar-refractivity contribution in [2.45, 2.75) is 50.5 Å². The van der Waals surface area contributed by atoms with E-state index < -0.39 is 47.3 Å². The average molecular weight is 977 g/mol. The van der Waals surface area contributed by atoms with Crippen LogP contribution in [0.15, 0.2) is 118 Å². The molecule has 0 fully saturated rings. The zero-order valence-electron chi connectivity index (χ0n) is 36.1. The Morgan fingerprint density at radius 3 is 1.30 bits per heavy atom. The molecule has 4 N–H and O–H groups in total. The van der Waals surface area contributed by atoms with E-state index >= 15 is 0 Å². The average Bonchev–Trinajstić information content (AvgIpc) is 3.27. The third-order valence-corrected chi connectivity index (χ3v) is 10.8. The second-order valence-corrected chi connectivity index (χ2v) is 16.4. The monoisotopic (exact) mass is 974 g/mol. The van der Waals surface area contributed by atoms with Crippen LogP contribution in [0.3, 0.4) is 0 Å². The van der Waals surface area contributed by atoms with Crippen LogP contribution in [0.1, 0.15) is 70.3 Å². The van der Waals surface area contributed by atoms with E-state index in [0.717, 1.165) is 25.0 Å². The molecule has 16 nitrogen and oxygen atoms in total. The summed E-state index contributed by atoms with van der Waals surface area (Å²) in [4.78, 5) is 78.8. The first-order chi connectivity index (χ1) is 31.4. The Balaban J connectivity index is 1.30. The van der Waals surface area contributed by atoms with E-state index in [9.17, 15) is 28.8 Å². The van der Waals surface area contributed by atoms with Crippen LogP contribution in [0.4, 0.5) is 34.1 Å². The van der Waals surface area contributed by atoms with Crippen molar-refractivity contribution >= 4 is 116 Å². The zero-order valence-corrected chi connectivity index (χ0v) is 39.1. The summed E-state index contributed by atoms with van der Waals surface area (Å²) in [5.41, 5.74) is 2.70. The molecule has 0 radical (unpaired) electrons. The lowest BCUT2D eigenvalue weighted by Gasteiger charge is -2.18. The molecule has 0 heterocycles. The molecule has 0 aromatic heterocycles. The van der Waals surface area contributed by atoms with Gasteiger partial charge in [0.15, 0.2) is 11.6 Å². The van der Waals surface area contributed by atoms with Crippen molar-refractivity contribution in [3.8, 4) is 11.5 Å². The quantitative estimate of drug-likeness (QED) is 0.0375. The number of carbonyl (C=O) groups is 6. The van der Waals surface area contributed by atoms with Crippen LogP contribution in [0.25, 0.3) is 0 Å². The van der Waals surface area contributed by atoms with Gasteiger partial charge in [-0.2, -0.15) is 20.5 Å². The first-order valence-corrected chi connectivity index (χ1v) is 21.4. The van der Waals surface area contributed by atoms with Crippen molar-refractivity contribution in [3.05, 3.63) is 129 Å². The predicted molar refractivity (Wildman–Crippen MR) is 255 cm³/mol. The van der Waals surface area contributed by atoms with Gasteiger partial charge >= 0.3 is 0 Å². The van der Waals surface area contributed by atoms with Gasteiger partial charge in [0.2, 0.25) is 12.1 Å². The van der Waals surface area contributed by atoms with Crippen molar-refractivity contribution in [1.29, 1.82) is 0 Å². The number of azo groups is 2. The number of carbonyl (C=O) groups excluding carboxylic acids is 6. The highest BCUT2D eigenvalue weighted by atomic mass is 35.5. The molecule has 4 amide bonds. The van der Waals surface area contributed by atoms with Crippen molar-refractivity contribution in [2.24, 2.45) is 20.5 Å². The standard InChI is InChI=1S/C46H42Cl4N8O8/c1-23(47)27-11-7-13-29(19-27)51-43(61)32-15-9-17-34(38(32)49)55-57-40(25(3)59)45(63)53-31-21-36(65-5)42(37(22-31)66-6)54-46(64)41(26(4)60)58-56-35-18-10-16-33(39(35)50)44(62)52-30-14-8-12-28(20-30)24(2)48/h7-24,40-41H,1-6H3,(H,51,61)(H,52,62)(H,53,63)(H,54,64). The molecule has 20 heteroatoms. The maximum absolute atomic E-state index is 13.6. The van der Waals surface area contributed by atoms with E-state index in [0.29, 0.717) is 11.4 Å². The fourth-order valence-electron chi connectivity index (χ4n) is 6.06. The Labute approximate surface area is 399 Å². The van der Waals surface area contributed by atoms with Gasteiger partial charge in [0.1, 0.15) is 28.6 Å². The molecule has 0 spiro atoms. The molecule has 0 saturated carbocycles. The minimum Gasteiger partial charge on any atom is -0.494 e. The molecule has 4 unspecified atom stereocenters. The minimum atomic E-state index is -1.70. The number of alkyl halides is 2. The molecule has 0 aliphatic heterocycles. The number of Topliss-reactive ketones (excluding diaryl/α,β-unsaturated/α-hetero) is 2. The maximum atomic E-state index is 13.6. The number of nitrogens with one attached hydrogen (secondary N) is 4. The van der Waals surface area contributed by atoms with Crippen LogP contribution >= 0.6 is 46.4 Å². The van der Waals surface area contributed by atoms with Gasteiger partial charge in [-0.3, -0.25) is 28.8 Å². The number of ketones is 2. The molecule has 0 aliphatic carbocycles. The Morgan fingerprint density at radius 1 is 0.530 bits per heavy atom. The summed E-state index contributed by atoms with van der Waals surface area (Å²) in [6, 6.07) is 22.1. The van der Waals surface area contributed by atoms with Crippen LogP contribution in [0, 0.1) is 0 Å². The van der Waals surface area contributed by atoms with Gasteiger partial charge in [-0.05, 0) is 87.4 Å². The van der Waals surface area contributed by atoms with Gasteiger partial charge in [0, 0.05) is 29.2 Å². The number of rotatable bonds is 18. The van der Waals surface area contributed by atoms with Gasteiger partial charge in [0.05, 0.1) is 46.1 Å². The van der Waals surface area contributed by atoms with Crippen LogP contribution in [0.2, 0.25) is 10.0 Å². The van der Waals surface area contributed by atoms with Crippen molar-refractivity contribution < 1.29 is 38.2 Å². The number of nitrogens with zero attached hydrogens (tertiary/aromatic N) is 4. The van der Waals surface area contributed by atoms with Gasteiger partial charge in [-0.15, -0.1) is 23.2 Å². The molecule has 0 saturated heterocycles. The van der Waals surface area contributed by atoms with Crippen molar-refractivity contribution in [3.63, 3.8) is 0 Å². The molecule has 5 rings (SSSR count). The second-order valence-electron chi connectivity index (χ2n) is 14.4. The van der Waals surface area contributed by atoms with E-state index in [1.807, 2.05) is 12.1 Å². The highest BCUT2D eigenvalue weighted by Gasteiger charge is 2.28. The molecule has 66 heavy (non-hydrogen) atoms. The number of hydrogen-bond donors (Lipinski definition) is 4. The smallest absolute Gasteiger partial charge is 0.259 e. The van der Waals surface area contributed by atoms with Gasteiger partial charge < -0.3 is 30.7 Å². The summed E-state index contributed by atoms with van der Waals surface area (Å²) in [7, 11) is 2.56. The molecule has 0 aliphatic rings. The van der Waals surface area contributed by atoms with Crippen LogP contribution in [-0.4, -0.2) is 61.5 Å². The fraction of sp³-hybridized carbons (Fsp3) is 0.217. The highest BCUT2D eigenvalue weighted by molar-refractivity contribution is 6.37. The van der Waals surface area contributed by atoms with E-state index in [2.05, 4.69) is 41.7 Å². The molecular weight excluding hydrogens is 934 g/mol. The lowest BCUT2D eigenvalue weighted by Crippen LogP contribution is -2.32. The summed E-state index contributed by atoms with van der Waals surface area (Å²) in [6.45, 7) is 5.87. The lowest BCUT2D eigenvalue weighted by atomic mass is 10.1. The largest absolute Gasteiger partial charge is 0.494 e. The summed E-state index contributed by atoms with van der Waals surface area (Å²) in [5, 5.41) is 25.9. The van der Waals surface area contributed by atoms with Gasteiger partial charge in [-0.25, -0.2) is 0 Å². The highest BCUT2D eigenvalue weighted by Crippen LogP contribution is 2.39. The minimum absolute atomic E-state index is 0.00418. The number of halogens is 4. The molecule has 4 atom stereocenters. The Bertz CT molecular complexity index is 2720. The van der Waals surface area contributed by atoms with E-state index in [1.54, 1.807) is 50.2 Å². The first-order valence-electron chi connectivity index (χ1n) is 19.8. The van der Waals surface area contributed by atoms with Crippen LogP contribution in [0.5, 0.6) is 11.5 Å². The summed E-state index contributed by atoms with van der Waals surface area (Å²) >= 11 is 25.5. The van der Waals surface area contributed by atoms with Crippen LogP contribution in [-0.2, 0) is 19.2 Å². The summed E-state index contributed by atoms with van der Waals surface area (Å²) in [5.74, 6) is -4.37. The number of amides is 4. The predicted octanol–water partition coefficient (Wildman–Crippen LogP) is 11.5. The second kappa shape index (κ2) is 22.9. The number of ether oxygens (including phenoxy) is 2. The lowest BCUT2D eigenvalue weighted by molar-refractivity contribution is -0.127. The van der Waals surface area contributed by atoms with Gasteiger partial charge in [0.25, 0.3) is 23.6 Å². The molecule has 5 aromatic rings.